The van der Waals surface area contributed by atoms with Gasteiger partial charge in [0.05, 0.1) is 5.41 Å². The van der Waals surface area contributed by atoms with Gasteiger partial charge in [-0.3, -0.25) is 9.89 Å². The molecule has 2 fully saturated rings. The van der Waals surface area contributed by atoms with Gasteiger partial charge in [-0.15, -0.1) is 0 Å². The van der Waals surface area contributed by atoms with Crippen molar-refractivity contribution in [2.45, 2.75) is 37.0 Å². The number of rotatable bonds is 4. The summed E-state index contributed by atoms with van der Waals surface area (Å²) in [6.07, 6.45) is 3.39. The Bertz CT molecular complexity index is 748. The van der Waals surface area contributed by atoms with E-state index in [0.717, 1.165) is 50.2 Å². The molecule has 2 heterocycles. The van der Waals surface area contributed by atoms with E-state index in [1.165, 1.54) is 12.1 Å². The van der Waals surface area contributed by atoms with Gasteiger partial charge in [0, 0.05) is 30.9 Å². The average molecular weight is 329 g/mol. The molecular weight excluding hydrogens is 309 g/mol. The van der Waals surface area contributed by atoms with Crippen LogP contribution in [0.15, 0.2) is 30.3 Å². The number of amides is 1. The third-order valence-corrected chi connectivity index (χ3v) is 5.06. The summed E-state index contributed by atoms with van der Waals surface area (Å²) in [5.74, 6) is 0.505. The first kappa shape index (κ1) is 15.3. The Balaban J connectivity index is 1.47. The number of aromatic nitrogens is 2. The summed E-state index contributed by atoms with van der Waals surface area (Å²) >= 11 is 0. The molecule has 0 unspecified atom stereocenters. The molecule has 1 saturated heterocycles. The van der Waals surface area contributed by atoms with Crippen molar-refractivity contribution in [3.05, 3.63) is 47.4 Å². The van der Waals surface area contributed by atoms with E-state index < -0.39 is 5.41 Å². The first-order chi connectivity index (χ1) is 11.7. The van der Waals surface area contributed by atoms with Crippen molar-refractivity contribution in [2.75, 3.05) is 18.5 Å². The number of nitrogens with zero attached hydrogens (tertiary/aromatic N) is 1. The monoisotopic (exact) mass is 329 g/mol. The molecule has 5 nitrogen and oxygen atoms in total. The quantitative estimate of drug-likeness (QED) is 0.906. The highest BCUT2D eigenvalue weighted by molar-refractivity contribution is 6.00. The second-order valence-electron chi connectivity index (χ2n) is 6.64. The van der Waals surface area contributed by atoms with E-state index in [4.69, 9.17) is 4.74 Å². The van der Waals surface area contributed by atoms with Gasteiger partial charge in [0.25, 0.3) is 0 Å². The van der Waals surface area contributed by atoms with E-state index in [1.807, 2.05) is 12.1 Å². The van der Waals surface area contributed by atoms with Crippen LogP contribution in [0.4, 0.5) is 10.2 Å². The smallest absolute Gasteiger partial charge is 0.236 e. The maximum absolute atomic E-state index is 13.5. The molecule has 4 rings (SSSR count). The Labute approximate surface area is 139 Å². The summed E-state index contributed by atoms with van der Waals surface area (Å²) < 4.78 is 18.8. The summed E-state index contributed by atoms with van der Waals surface area (Å²) in [4.78, 5) is 12.7. The standard InChI is InChI=1S/C18H20FN3O2/c19-14-3-1-2-13(10-14)18(6-7-18)17(23)20-16-11-15(21-22-16)12-4-8-24-9-5-12/h1-3,10-12H,4-9H2,(H2,20,21,22,23). The average Bonchev–Trinajstić information content (AvgIpc) is 3.30. The lowest BCUT2D eigenvalue weighted by Crippen LogP contribution is -2.28. The van der Waals surface area contributed by atoms with Gasteiger partial charge in [-0.1, -0.05) is 12.1 Å². The number of halogens is 1. The van der Waals surface area contributed by atoms with E-state index in [2.05, 4.69) is 15.5 Å². The van der Waals surface area contributed by atoms with E-state index in [-0.39, 0.29) is 11.7 Å². The molecule has 0 radical (unpaired) electrons. The Kier molecular flexibility index (Phi) is 3.84. The lowest BCUT2D eigenvalue weighted by Gasteiger charge is -2.20. The maximum Gasteiger partial charge on any atom is 0.236 e. The highest BCUT2D eigenvalue weighted by Gasteiger charge is 2.51. The highest BCUT2D eigenvalue weighted by atomic mass is 19.1. The molecule has 24 heavy (non-hydrogen) atoms. The first-order valence-corrected chi connectivity index (χ1v) is 8.38. The third-order valence-electron chi connectivity index (χ3n) is 5.06. The number of ether oxygens (including phenoxy) is 1. The van der Waals surface area contributed by atoms with Crippen molar-refractivity contribution >= 4 is 11.7 Å². The summed E-state index contributed by atoms with van der Waals surface area (Å²) in [5.41, 5.74) is 1.16. The number of hydrogen-bond acceptors (Lipinski definition) is 3. The summed E-state index contributed by atoms with van der Waals surface area (Å²) in [6, 6.07) is 8.20. The van der Waals surface area contributed by atoms with Crippen molar-refractivity contribution in [1.82, 2.24) is 10.2 Å². The van der Waals surface area contributed by atoms with Crippen LogP contribution < -0.4 is 5.32 Å². The molecule has 1 saturated carbocycles. The van der Waals surface area contributed by atoms with Crippen LogP contribution in [0.25, 0.3) is 0 Å². The number of hydrogen-bond donors (Lipinski definition) is 2. The Hall–Kier alpha value is -2.21. The van der Waals surface area contributed by atoms with Crippen LogP contribution >= 0.6 is 0 Å². The number of carbonyl (C=O) groups excluding carboxylic acids is 1. The van der Waals surface area contributed by atoms with Gasteiger partial charge in [-0.25, -0.2) is 4.39 Å². The molecule has 2 N–H and O–H groups in total. The van der Waals surface area contributed by atoms with Crippen LogP contribution in [0.1, 0.15) is 42.9 Å². The van der Waals surface area contributed by atoms with Crippen molar-refractivity contribution in [1.29, 1.82) is 0 Å². The minimum absolute atomic E-state index is 0.113. The highest BCUT2D eigenvalue weighted by Crippen LogP contribution is 2.49. The Morgan fingerprint density at radius 3 is 2.79 bits per heavy atom. The molecule has 1 aliphatic carbocycles. The maximum atomic E-state index is 13.5. The fraction of sp³-hybridized carbons (Fsp3) is 0.444. The number of carbonyl (C=O) groups is 1. The van der Waals surface area contributed by atoms with Crippen LogP contribution in [0.2, 0.25) is 0 Å². The third kappa shape index (κ3) is 2.82. The first-order valence-electron chi connectivity index (χ1n) is 8.38. The van der Waals surface area contributed by atoms with Crippen molar-refractivity contribution in [3.8, 4) is 0 Å². The number of benzene rings is 1. The fourth-order valence-corrected chi connectivity index (χ4v) is 3.41. The van der Waals surface area contributed by atoms with Crippen molar-refractivity contribution in [2.24, 2.45) is 0 Å². The normalized spacial score (nSPS) is 19.9. The van der Waals surface area contributed by atoms with Gasteiger partial charge in [-0.05, 0) is 43.4 Å². The Morgan fingerprint density at radius 2 is 2.08 bits per heavy atom. The largest absolute Gasteiger partial charge is 0.381 e. The van der Waals surface area contributed by atoms with Crippen LogP contribution in [0.5, 0.6) is 0 Å². The van der Waals surface area contributed by atoms with Crippen LogP contribution in [0, 0.1) is 5.82 Å². The van der Waals surface area contributed by atoms with Crippen molar-refractivity contribution < 1.29 is 13.9 Å². The molecule has 1 amide bonds. The van der Waals surface area contributed by atoms with E-state index in [1.54, 1.807) is 6.07 Å². The summed E-state index contributed by atoms with van der Waals surface area (Å²) in [6.45, 7) is 1.52. The van der Waals surface area contributed by atoms with E-state index in [9.17, 15) is 9.18 Å². The van der Waals surface area contributed by atoms with Crippen LogP contribution in [-0.4, -0.2) is 29.3 Å². The molecule has 0 atom stereocenters. The number of nitrogens with one attached hydrogen (secondary N) is 2. The number of aromatic amines is 1. The molecule has 2 aliphatic rings. The predicted octanol–water partition coefficient (Wildman–Crippen LogP) is 3.11. The molecule has 126 valence electrons. The topological polar surface area (TPSA) is 67.0 Å². The Morgan fingerprint density at radius 1 is 1.29 bits per heavy atom. The SMILES string of the molecule is O=C(Nc1cc(C2CCOCC2)[nH]n1)C1(c2cccc(F)c2)CC1. The number of H-pyrrole nitrogens is 1. The zero-order valence-corrected chi connectivity index (χ0v) is 13.3. The number of anilines is 1. The minimum atomic E-state index is -0.611. The summed E-state index contributed by atoms with van der Waals surface area (Å²) in [5, 5.41) is 10.1. The molecule has 1 aliphatic heterocycles. The van der Waals surface area contributed by atoms with E-state index >= 15 is 0 Å². The zero-order chi connectivity index (χ0) is 16.6. The lowest BCUT2D eigenvalue weighted by atomic mass is 9.94. The molecular formula is C18H20FN3O2. The minimum Gasteiger partial charge on any atom is -0.381 e. The molecule has 1 aromatic carbocycles. The van der Waals surface area contributed by atoms with Gasteiger partial charge in [0.15, 0.2) is 5.82 Å². The predicted molar refractivity (Wildman–Crippen MR) is 87.3 cm³/mol. The van der Waals surface area contributed by atoms with Gasteiger partial charge < -0.3 is 10.1 Å². The second-order valence-corrected chi connectivity index (χ2v) is 6.64. The molecule has 6 heteroatoms. The van der Waals surface area contributed by atoms with Gasteiger partial charge in [0.1, 0.15) is 5.82 Å². The molecule has 0 bridgehead atoms. The second kappa shape index (κ2) is 6.02. The van der Waals surface area contributed by atoms with Gasteiger partial charge in [0.2, 0.25) is 5.91 Å². The molecule has 0 spiro atoms. The molecule has 1 aromatic heterocycles. The summed E-state index contributed by atoms with van der Waals surface area (Å²) in [7, 11) is 0. The lowest BCUT2D eigenvalue weighted by molar-refractivity contribution is -0.118. The van der Waals surface area contributed by atoms with Gasteiger partial charge in [-0.2, -0.15) is 5.10 Å². The van der Waals surface area contributed by atoms with Gasteiger partial charge >= 0.3 is 0 Å². The fourth-order valence-electron chi connectivity index (χ4n) is 3.41. The zero-order valence-electron chi connectivity index (χ0n) is 13.3. The van der Waals surface area contributed by atoms with Crippen molar-refractivity contribution in [3.63, 3.8) is 0 Å². The molecule has 2 aromatic rings. The van der Waals surface area contributed by atoms with Crippen LogP contribution in [0.3, 0.4) is 0 Å². The van der Waals surface area contributed by atoms with E-state index in [0.29, 0.717) is 11.7 Å². The van der Waals surface area contributed by atoms with Crippen LogP contribution in [-0.2, 0) is 14.9 Å².